The van der Waals surface area contributed by atoms with Gasteiger partial charge in [-0.25, -0.2) is 0 Å². The molecule has 1 aromatic carbocycles. The van der Waals surface area contributed by atoms with Crippen molar-refractivity contribution < 1.29 is 0 Å². The smallest absolute Gasteiger partial charge is 0.151 e. The highest BCUT2D eigenvalue weighted by atomic mass is 15.3. The maximum Gasteiger partial charge on any atom is 0.151 e. The Morgan fingerprint density at radius 1 is 1.00 bits per heavy atom. The molecule has 0 unspecified atom stereocenters. The van der Waals surface area contributed by atoms with E-state index >= 15 is 0 Å². The third-order valence-electron chi connectivity index (χ3n) is 4.59. The summed E-state index contributed by atoms with van der Waals surface area (Å²) in [7, 11) is 4.14. The minimum Gasteiger partial charge on any atom is -0.349 e. The highest BCUT2D eigenvalue weighted by molar-refractivity contribution is 5.59. The lowest BCUT2D eigenvalue weighted by molar-refractivity contribution is 0.393. The van der Waals surface area contributed by atoms with Crippen molar-refractivity contribution in [3.63, 3.8) is 0 Å². The molecule has 6 nitrogen and oxygen atoms in total. The third-order valence-corrected chi connectivity index (χ3v) is 4.59. The van der Waals surface area contributed by atoms with Crippen molar-refractivity contribution in [3.8, 4) is 11.3 Å². The largest absolute Gasteiger partial charge is 0.349 e. The number of aromatic nitrogens is 4. The molecular weight excluding hydrogens is 324 g/mol. The lowest BCUT2D eigenvalue weighted by atomic mass is 10.1. The van der Waals surface area contributed by atoms with E-state index in [-0.39, 0.29) is 0 Å². The summed E-state index contributed by atoms with van der Waals surface area (Å²) in [6.45, 7) is 3.60. The van der Waals surface area contributed by atoms with Crippen LogP contribution in [-0.4, -0.2) is 45.5 Å². The molecule has 0 amide bonds. The van der Waals surface area contributed by atoms with Gasteiger partial charge in [-0.05, 0) is 38.7 Å². The summed E-state index contributed by atoms with van der Waals surface area (Å²) >= 11 is 0. The van der Waals surface area contributed by atoms with Crippen LogP contribution in [0.4, 0.5) is 5.82 Å². The van der Waals surface area contributed by atoms with Gasteiger partial charge in [-0.2, -0.15) is 5.10 Å². The molecule has 1 aliphatic heterocycles. The van der Waals surface area contributed by atoms with Gasteiger partial charge in [0.25, 0.3) is 0 Å². The molecule has 2 aromatic heterocycles. The first-order valence-corrected chi connectivity index (χ1v) is 9.03. The van der Waals surface area contributed by atoms with E-state index in [2.05, 4.69) is 69.1 Å². The monoisotopic (exact) mass is 348 g/mol. The summed E-state index contributed by atoms with van der Waals surface area (Å²) in [5, 5.41) is 13.7. The molecule has 0 fully saturated rings. The maximum atomic E-state index is 4.75. The predicted octanol–water partition coefficient (Wildman–Crippen LogP) is 2.81. The highest BCUT2D eigenvalue weighted by Crippen LogP contribution is 2.22. The Bertz CT molecular complexity index is 854. The van der Waals surface area contributed by atoms with Gasteiger partial charge in [0.15, 0.2) is 5.82 Å². The molecule has 0 atom stereocenters. The summed E-state index contributed by atoms with van der Waals surface area (Å²) in [6.07, 6.45) is 1.05. The van der Waals surface area contributed by atoms with E-state index in [0.29, 0.717) is 0 Å². The van der Waals surface area contributed by atoms with Crippen LogP contribution in [0.5, 0.6) is 0 Å². The molecule has 0 aliphatic carbocycles. The summed E-state index contributed by atoms with van der Waals surface area (Å²) in [5.74, 6) is 0.925. The van der Waals surface area contributed by atoms with Crippen LogP contribution >= 0.6 is 0 Å². The summed E-state index contributed by atoms with van der Waals surface area (Å²) < 4.78 is 2.14. The number of nitrogens with zero attached hydrogens (tertiary/aromatic N) is 6. The average molecular weight is 348 g/mol. The zero-order chi connectivity index (χ0) is 17.9. The number of aryl methyl sites for hydroxylation is 1. The number of rotatable bonds is 4. The van der Waals surface area contributed by atoms with E-state index in [4.69, 9.17) is 5.10 Å². The number of fused-ring (bicyclic) bond motifs is 1. The van der Waals surface area contributed by atoms with Crippen molar-refractivity contribution in [2.24, 2.45) is 0 Å². The van der Waals surface area contributed by atoms with Gasteiger partial charge >= 0.3 is 0 Å². The number of hydrogen-bond acceptors (Lipinski definition) is 5. The van der Waals surface area contributed by atoms with Crippen molar-refractivity contribution >= 4 is 5.82 Å². The molecule has 0 bridgehead atoms. The van der Waals surface area contributed by atoms with Crippen molar-refractivity contribution in [1.82, 2.24) is 24.9 Å². The van der Waals surface area contributed by atoms with Gasteiger partial charge in [-0.3, -0.25) is 4.68 Å². The summed E-state index contributed by atoms with van der Waals surface area (Å²) in [5.41, 5.74) is 4.36. The highest BCUT2D eigenvalue weighted by Gasteiger charge is 2.18. The van der Waals surface area contributed by atoms with Crippen molar-refractivity contribution in [3.05, 3.63) is 59.9 Å². The van der Waals surface area contributed by atoms with Gasteiger partial charge in [0.05, 0.1) is 23.6 Å². The van der Waals surface area contributed by atoms with E-state index in [0.717, 1.165) is 55.4 Å². The number of benzene rings is 1. The fourth-order valence-electron chi connectivity index (χ4n) is 3.38. The molecule has 134 valence electrons. The van der Waals surface area contributed by atoms with Crippen LogP contribution in [0.25, 0.3) is 11.3 Å². The predicted molar refractivity (Wildman–Crippen MR) is 103 cm³/mol. The Labute approximate surface area is 154 Å². The van der Waals surface area contributed by atoms with E-state index in [9.17, 15) is 0 Å². The molecule has 0 N–H and O–H groups in total. The van der Waals surface area contributed by atoms with Gasteiger partial charge in [-0.15, -0.1) is 10.2 Å². The molecule has 4 rings (SSSR count). The Morgan fingerprint density at radius 3 is 2.58 bits per heavy atom. The Hall–Kier alpha value is -2.73. The second-order valence-electron chi connectivity index (χ2n) is 7.01. The van der Waals surface area contributed by atoms with E-state index in [1.807, 2.05) is 18.2 Å². The molecule has 0 saturated heterocycles. The van der Waals surface area contributed by atoms with E-state index in [1.54, 1.807) is 0 Å². The van der Waals surface area contributed by atoms with Crippen molar-refractivity contribution in [1.29, 1.82) is 0 Å². The molecule has 0 radical (unpaired) electrons. The molecular formula is C20H24N6. The van der Waals surface area contributed by atoms with Crippen LogP contribution in [0.15, 0.2) is 48.5 Å². The fourth-order valence-corrected chi connectivity index (χ4v) is 3.38. The van der Waals surface area contributed by atoms with Crippen LogP contribution < -0.4 is 4.90 Å². The zero-order valence-corrected chi connectivity index (χ0v) is 15.3. The summed E-state index contributed by atoms with van der Waals surface area (Å²) in [4.78, 5) is 4.44. The average Bonchev–Trinajstić information content (AvgIpc) is 2.91. The Kier molecular flexibility index (Phi) is 4.67. The first-order chi connectivity index (χ1) is 12.7. The minimum absolute atomic E-state index is 0.819. The van der Waals surface area contributed by atoms with Crippen LogP contribution in [0.2, 0.25) is 0 Å². The first kappa shape index (κ1) is 16.7. The molecule has 26 heavy (non-hydrogen) atoms. The maximum absolute atomic E-state index is 4.75. The number of anilines is 1. The standard InChI is InChI=1S/C20H24N6/c1-24(2)14-17-13-18-15-25(11-6-12-26(18)23-17)20-10-9-19(21-22-20)16-7-4-3-5-8-16/h3-5,7-10,13H,6,11-12,14-15H2,1-2H3. The van der Waals surface area contributed by atoms with Gasteiger partial charge in [-0.1, -0.05) is 30.3 Å². The van der Waals surface area contributed by atoms with Crippen LogP contribution in [0, 0.1) is 0 Å². The normalized spacial score (nSPS) is 14.3. The molecule has 1 aliphatic rings. The third kappa shape index (κ3) is 3.60. The van der Waals surface area contributed by atoms with Crippen molar-refractivity contribution in [2.45, 2.75) is 26.1 Å². The van der Waals surface area contributed by atoms with E-state index < -0.39 is 0 Å². The zero-order valence-electron chi connectivity index (χ0n) is 15.3. The van der Waals surface area contributed by atoms with Gasteiger partial charge in [0.1, 0.15) is 0 Å². The topological polar surface area (TPSA) is 50.1 Å². The second-order valence-corrected chi connectivity index (χ2v) is 7.01. The van der Waals surface area contributed by atoms with Crippen LogP contribution in [-0.2, 0) is 19.6 Å². The molecule has 0 saturated carbocycles. The van der Waals surface area contributed by atoms with E-state index in [1.165, 1.54) is 5.69 Å². The lowest BCUT2D eigenvalue weighted by Gasteiger charge is -2.20. The number of hydrogen-bond donors (Lipinski definition) is 0. The Balaban J connectivity index is 1.53. The summed E-state index contributed by atoms with van der Waals surface area (Å²) in [6, 6.07) is 16.5. The van der Waals surface area contributed by atoms with Crippen LogP contribution in [0.1, 0.15) is 17.8 Å². The SMILES string of the molecule is CN(C)Cc1cc2n(n1)CCCN(c1ccc(-c3ccccc3)nn1)C2. The molecule has 3 heterocycles. The molecule has 0 spiro atoms. The molecule has 3 aromatic rings. The van der Waals surface area contributed by atoms with Gasteiger partial charge in [0.2, 0.25) is 0 Å². The second kappa shape index (κ2) is 7.25. The fraction of sp³-hybridized carbons (Fsp3) is 0.350. The van der Waals surface area contributed by atoms with Gasteiger partial charge < -0.3 is 9.80 Å². The van der Waals surface area contributed by atoms with Gasteiger partial charge in [0, 0.05) is 25.2 Å². The Morgan fingerprint density at radius 2 is 1.85 bits per heavy atom. The van der Waals surface area contributed by atoms with Crippen LogP contribution in [0.3, 0.4) is 0 Å². The minimum atomic E-state index is 0.819. The lowest BCUT2D eigenvalue weighted by Crippen LogP contribution is -2.23. The first-order valence-electron chi connectivity index (χ1n) is 9.03. The van der Waals surface area contributed by atoms with Crippen molar-refractivity contribution in [2.75, 3.05) is 25.5 Å². The quantitative estimate of drug-likeness (QED) is 0.726. The molecule has 6 heteroatoms.